The fraction of sp³-hybridized carbons (Fsp3) is 0.542. The summed E-state index contributed by atoms with van der Waals surface area (Å²) in [5.41, 5.74) is 3.81. The number of carbonyl (C=O) groups is 1. The van der Waals surface area contributed by atoms with Gasteiger partial charge in [0.1, 0.15) is 5.69 Å². The summed E-state index contributed by atoms with van der Waals surface area (Å²) in [6.07, 6.45) is 13.6. The Balaban J connectivity index is 1.28. The molecule has 2 bridgehead atoms. The van der Waals surface area contributed by atoms with Crippen LogP contribution < -0.4 is 0 Å². The summed E-state index contributed by atoms with van der Waals surface area (Å²) in [5.74, 6) is 1.34. The highest BCUT2D eigenvalue weighted by molar-refractivity contribution is 5.94. The molecule has 2 aromatic rings. The highest BCUT2D eigenvalue weighted by atomic mass is 16.2. The molecular formula is C24H29N5O. The fourth-order valence-electron chi connectivity index (χ4n) is 6.45. The Labute approximate surface area is 177 Å². The highest BCUT2D eigenvalue weighted by Crippen LogP contribution is 2.45. The third-order valence-corrected chi connectivity index (χ3v) is 7.68. The van der Waals surface area contributed by atoms with E-state index in [2.05, 4.69) is 31.1 Å². The normalized spacial score (nSPS) is 30.9. The number of aromatic amines is 1. The van der Waals surface area contributed by atoms with Gasteiger partial charge in [-0.3, -0.25) is 19.8 Å². The average molecular weight is 404 g/mol. The number of amides is 1. The summed E-state index contributed by atoms with van der Waals surface area (Å²) < 4.78 is 0. The maximum absolute atomic E-state index is 13.5. The van der Waals surface area contributed by atoms with Crippen LogP contribution in [0.15, 0.2) is 42.2 Å². The van der Waals surface area contributed by atoms with E-state index in [-0.39, 0.29) is 11.9 Å². The Morgan fingerprint density at radius 2 is 2.17 bits per heavy atom. The van der Waals surface area contributed by atoms with Crippen LogP contribution in [0.2, 0.25) is 0 Å². The lowest BCUT2D eigenvalue weighted by molar-refractivity contribution is 0.00131. The van der Waals surface area contributed by atoms with E-state index in [4.69, 9.17) is 0 Å². The quantitative estimate of drug-likeness (QED) is 0.780. The van der Waals surface area contributed by atoms with Crippen molar-refractivity contribution in [2.24, 2.45) is 11.8 Å². The van der Waals surface area contributed by atoms with Crippen LogP contribution in [0.25, 0.3) is 11.3 Å². The molecule has 0 radical (unpaired) electrons. The van der Waals surface area contributed by atoms with Gasteiger partial charge >= 0.3 is 0 Å². The van der Waals surface area contributed by atoms with E-state index in [1.54, 1.807) is 12.4 Å². The smallest absolute Gasteiger partial charge is 0.272 e. The molecule has 6 nitrogen and oxygen atoms in total. The second-order valence-electron chi connectivity index (χ2n) is 9.41. The molecule has 30 heavy (non-hydrogen) atoms. The molecule has 156 valence electrons. The van der Waals surface area contributed by atoms with Gasteiger partial charge in [0.15, 0.2) is 0 Å². The van der Waals surface area contributed by atoms with E-state index < -0.39 is 0 Å². The number of piperidine rings is 3. The number of likely N-dealkylation sites (tertiary alicyclic amines) is 1. The molecule has 0 spiro atoms. The Bertz CT molecular complexity index is 967. The first-order valence-corrected chi connectivity index (χ1v) is 11.5. The molecule has 2 aromatic heterocycles. The minimum atomic E-state index is 0.0902. The molecule has 3 saturated heterocycles. The second kappa shape index (κ2) is 7.34. The van der Waals surface area contributed by atoms with E-state index in [1.807, 2.05) is 18.2 Å². The van der Waals surface area contributed by atoms with Crippen LogP contribution in [0.4, 0.5) is 0 Å². The van der Waals surface area contributed by atoms with E-state index in [0.717, 1.165) is 43.2 Å². The molecule has 6 heteroatoms. The molecule has 6 rings (SSSR count). The first kappa shape index (κ1) is 18.3. The Morgan fingerprint density at radius 1 is 1.20 bits per heavy atom. The summed E-state index contributed by atoms with van der Waals surface area (Å²) >= 11 is 0. The van der Waals surface area contributed by atoms with Gasteiger partial charge in [-0.25, -0.2) is 0 Å². The topological polar surface area (TPSA) is 65.1 Å². The van der Waals surface area contributed by atoms with E-state index >= 15 is 0 Å². The van der Waals surface area contributed by atoms with Gasteiger partial charge in [-0.15, -0.1) is 0 Å². The maximum Gasteiger partial charge on any atom is 0.272 e. The zero-order chi connectivity index (χ0) is 20.1. The van der Waals surface area contributed by atoms with Crippen molar-refractivity contribution in [3.8, 4) is 11.3 Å². The third-order valence-electron chi connectivity index (χ3n) is 7.68. The first-order chi connectivity index (χ1) is 14.8. The molecule has 1 N–H and O–H groups in total. The molecular weight excluding hydrogens is 374 g/mol. The number of aromatic nitrogens is 3. The Morgan fingerprint density at radius 3 is 3.07 bits per heavy atom. The number of pyridine rings is 1. The van der Waals surface area contributed by atoms with Gasteiger partial charge in [-0.1, -0.05) is 18.1 Å². The Kier molecular flexibility index (Phi) is 4.48. The van der Waals surface area contributed by atoms with Crippen molar-refractivity contribution in [2.45, 2.75) is 50.6 Å². The molecule has 0 aromatic carbocycles. The van der Waals surface area contributed by atoms with Gasteiger partial charge in [-0.05, 0) is 68.7 Å². The maximum atomic E-state index is 13.5. The van der Waals surface area contributed by atoms with E-state index in [0.29, 0.717) is 17.5 Å². The van der Waals surface area contributed by atoms with E-state index in [1.165, 1.54) is 37.8 Å². The van der Waals surface area contributed by atoms with Crippen molar-refractivity contribution >= 4 is 5.91 Å². The SMILES string of the molecule is O=C(c1cc(-c2cccnc2)n[nH]1)N1CCCC2=C[C@H]3C[C@H](CN4CCCC[C@@H]34)[C@H]21. The zero-order valence-electron chi connectivity index (χ0n) is 17.3. The summed E-state index contributed by atoms with van der Waals surface area (Å²) in [7, 11) is 0. The lowest BCUT2D eigenvalue weighted by Crippen LogP contribution is -2.60. The van der Waals surface area contributed by atoms with Crippen molar-refractivity contribution in [1.82, 2.24) is 25.0 Å². The minimum Gasteiger partial charge on any atom is -0.330 e. The summed E-state index contributed by atoms with van der Waals surface area (Å²) in [6, 6.07) is 6.74. The fourth-order valence-corrected chi connectivity index (χ4v) is 6.45. The number of hydrogen-bond donors (Lipinski definition) is 1. The van der Waals surface area contributed by atoms with Crippen molar-refractivity contribution in [1.29, 1.82) is 0 Å². The van der Waals surface area contributed by atoms with Crippen LogP contribution in [0.1, 0.15) is 49.0 Å². The molecule has 1 aliphatic carbocycles. The Hall–Kier alpha value is -2.47. The number of carbonyl (C=O) groups excluding carboxylic acids is 1. The average Bonchev–Trinajstić information content (AvgIpc) is 3.29. The predicted molar refractivity (Wildman–Crippen MR) is 115 cm³/mol. The molecule has 4 atom stereocenters. The van der Waals surface area contributed by atoms with Gasteiger partial charge in [0.25, 0.3) is 5.91 Å². The molecule has 4 aliphatic rings. The second-order valence-corrected chi connectivity index (χ2v) is 9.41. The number of nitrogens with one attached hydrogen (secondary N) is 1. The standard InChI is InChI=1S/C24H29N5O/c30-24(21-13-20(26-27-21)17-5-3-8-25-14-17)29-10-4-6-16-11-18-12-19(23(16)29)15-28-9-2-1-7-22(18)28/h3,5,8,11,13-14,18-19,22-23H,1-2,4,6-7,9-10,12,15H2,(H,26,27)/t18-,19+,22-,23-/m0/s1. The zero-order valence-corrected chi connectivity index (χ0v) is 17.3. The monoisotopic (exact) mass is 403 g/mol. The van der Waals surface area contributed by atoms with Crippen LogP contribution in [-0.2, 0) is 0 Å². The molecule has 3 aliphatic heterocycles. The van der Waals surface area contributed by atoms with Crippen LogP contribution in [0, 0.1) is 11.8 Å². The summed E-state index contributed by atoms with van der Waals surface area (Å²) in [6.45, 7) is 3.22. The molecule has 0 unspecified atom stereocenters. The first-order valence-electron chi connectivity index (χ1n) is 11.5. The summed E-state index contributed by atoms with van der Waals surface area (Å²) in [4.78, 5) is 22.6. The van der Waals surface area contributed by atoms with Crippen LogP contribution in [0.5, 0.6) is 0 Å². The summed E-state index contributed by atoms with van der Waals surface area (Å²) in [5, 5.41) is 7.39. The van der Waals surface area contributed by atoms with Crippen LogP contribution in [0.3, 0.4) is 0 Å². The lowest BCUT2D eigenvalue weighted by atomic mass is 9.68. The van der Waals surface area contributed by atoms with Crippen molar-refractivity contribution < 1.29 is 4.79 Å². The molecule has 5 heterocycles. The van der Waals surface area contributed by atoms with Gasteiger partial charge in [0.05, 0.1) is 11.7 Å². The number of H-pyrrole nitrogens is 1. The number of hydrogen-bond acceptors (Lipinski definition) is 4. The van der Waals surface area contributed by atoms with Gasteiger partial charge in [0, 0.05) is 37.1 Å². The molecule has 3 fully saturated rings. The largest absolute Gasteiger partial charge is 0.330 e. The third kappa shape index (κ3) is 3.00. The number of nitrogens with zero attached hydrogens (tertiary/aromatic N) is 4. The van der Waals surface area contributed by atoms with E-state index in [9.17, 15) is 4.79 Å². The highest BCUT2D eigenvalue weighted by Gasteiger charge is 2.47. The lowest BCUT2D eigenvalue weighted by Gasteiger charge is -2.54. The molecule has 1 amide bonds. The number of rotatable bonds is 2. The van der Waals surface area contributed by atoms with Gasteiger partial charge in [-0.2, -0.15) is 5.10 Å². The number of fused-ring (bicyclic) bond motifs is 6. The van der Waals surface area contributed by atoms with Crippen molar-refractivity contribution in [2.75, 3.05) is 19.6 Å². The van der Waals surface area contributed by atoms with Crippen molar-refractivity contribution in [3.63, 3.8) is 0 Å². The van der Waals surface area contributed by atoms with Gasteiger partial charge < -0.3 is 4.90 Å². The molecule has 0 saturated carbocycles. The van der Waals surface area contributed by atoms with Crippen LogP contribution in [-0.4, -0.2) is 62.6 Å². The van der Waals surface area contributed by atoms with Crippen LogP contribution >= 0.6 is 0 Å². The van der Waals surface area contributed by atoms with Crippen molar-refractivity contribution in [3.05, 3.63) is 47.9 Å². The van der Waals surface area contributed by atoms with Gasteiger partial charge in [0.2, 0.25) is 0 Å². The minimum absolute atomic E-state index is 0.0902. The predicted octanol–water partition coefficient (Wildman–Crippen LogP) is 3.51.